The number of nitrogens with one attached hydrogen (secondary N) is 1. The summed E-state index contributed by atoms with van der Waals surface area (Å²) in [7, 11) is 0. The lowest BCUT2D eigenvalue weighted by atomic mass is 10.0. The molecule has 1 aromatic rings. The van der Waals surface area contributed by atoms with Crippen LogP contribution in [0.1, 0.15) is 33.6 Å². The fraction of sp³-hybridized carbons (Fsp3) is 0.727. The van der Waals surface area contributed by atoms with Gasteiger partial charge in [-0.1, -0.05) is 13.3 Å². The second kappa shape index (κ2) is 6.34. The second-order valence-corrected chi connectivity index (χ2v) is 4.33. The molecule has 1 aromatic heterocycles. The Morgan fingerprint density at radius 3 is 2.67 bits per heavy atom. The third-order valence-corrected chi connectivity index (χ3v) is 2.32. The first-order valence-corrected chi connectivity index (χ1v) is 6.07. The highest BCUT2D eigenvalue weighted by molar-refractivity contribution is 5.32. The van der Waals surface area contributed by atoms with Crippen LogP contribution in [-0.4, -0.2) is 38.8 Å². The zero-order valence-electron chi connectivity index (χ0n) is 11.1. The van der Waals surface area contributed by atoms with E-state index < -0.39 is 5.60 Å². The Morgan fingerprint density at radius 2 is 2.06 bits per heavy atom. The third-order valence-electron chi connectivity index (χ3n) is 2.32. The van der Waals surface area contributed by atoms with Gasteiger partial charge >= 0.3 is 6.01 Å². The minimum absolute atomic E-state index is 0.0890. The normalized spacial score (nSPS) is 14.0. The molecule has 7 nitrogen and oxygen atoms in total. The number of nitrogens with two attached hydrogens (primary N) is 1. The quantitative estimate of drug-likeness (QED) is 0.662. The van der Waals surface area contributed by atoms with Gasteiger partial charge in [0.15, 0.2) is 0 Å². The summed E-state index contributed by atoms with van der Waals surface area (Å²) in [5.41, 5.74) is 4.74. The van der Waals surface area contributed by atoms with Crippen LogP contribution in [0.4, 0.5) is 11.9 Å². The van der Waals surface area contributed by atoms with Gasteiger partial charge in [0, 0.05) is 6.54 Å². The smallest absolute Gasteiger partial charge is 0.323 e. The van der Waals surface area contributed by atoms with E-state index in [0.29, 0.717) is 25.5 Å². The van der Waals surface area contributed by atoms with Crippen LogP contribution in [0.25, 0.3) is 0 Å². The summed E-state index contributed by atoms with van der Waals surface area (Å²) >= 11 is 0. The lowest BCUT2D eigenvalue weighted by Gasteiger charge is -2.22. The van der Waals surface area contributed by atoms with Crippen molar-refractivity contribution in [1.29, 1.82) is 0 Å². The number of anilines is 2. The van der Waals surface area contributed by atoms with Crippen molar-refractivity contribution in [3.8, 4) is 6.01 Å². The highest BCUT2D eigenvalue weighted by Crippen LogP contribution is 2.14. The number of hydrogen-bond acceptors (Lipinski definition) is 7. The van der Waals surface area contributed by atoms with Crippen molar-refractivity contribution >= 4 is 11.9 Å². The topological polar surface area (TPSA) is 106 Å². The molecule has 102 valence electrons. The molecule has 1 unspecified atom stereocenters. The molecular weight excluding hydrogens is 234 g/mol. The van der Waals surface area contributed by atoms with Gasteiger partial charge in [-0.25, -0.2) is 0 Å². The first-order chi connectivity index (χ1) is 8.46. The van der Waals surface area contributed by atoms with Crippen LogP contribution in [-0.2, 0) is 0 Å². The monoisotopic (exact) mass is 255 g/mol. The van der Waals surface area contributed by atoms with Crippen LogP contribution < -0.4 is 15.8 Å². The first kappa shape index (κ1) is 14.4. The molecule has 0 aromatic carbocycles. The van der Waals surface area contributed by atoms with Crippen molar-refractivity contribution in [2.45, 2.75) is 39.2 Å². The van der Waals surface area contributed by atoms with Gasteiger partial charge in [-0.05, 0) is 20.3 Å². The molecule has 0 bridgehead atoms. The molecular formula is C11H21N5O2. The largest absolute Gasteiger partial charge is 0.464 e. The number of hydrogen-bond donors (Lipinski definition) is 3. The molecule has 0 aliphatic carbocycles. The maximum Gasteiger partial charge on any atom is 0.323 e. The molecule has 0 aliphatic heterocycles. The fourth-order valence-corrected chi connectivity index (χ4v) is 1.54. The Morgan fingerprint density at radius 1 is 1.33 bits per heavy atom. The number of nitrogens with zero attached hydrogens (tertiary/aromatic N) is 3. The molecule has 0 spiro atoms. The van der Waals surface area contributed by atoms with Crippen LogP contribution in [0.5, 0.6) is 6.01 Å². The van der Waals surface area contributed by atoms with E-state index in [-0.39, 0.29) is 12.0 Å². The van der Waals surface area contributed by atoms with Crippen LogP contribution in [0.3, 0.4) is 0 Å². The van der Waals surface area contributed by atoms with Crippen LogP contribution in [0.2, 0.25) is 0 Å². The Kier molecular flexibility index (Phi) is 5.08. The summed E-state index contributed by atoms with van der Waals surface area (Å²) in [6.45, 7) is 6.41. The molecule has 4 N–H and O–H groups in total. The van der Waals surface area contributed by atoms with E-state index in [1.807, 2.05) is 13.8 Å². The number of rotatable bonds is 7. The van der Waals surface area contributed by atoms with E-state index in [1.165, 1.54) is 0 Å². The van der Waals surface area contributed by atoms with Gasteiger partial charge in [0.25, 0.3) is 0 Å². The van der Waals surface area contributed by atoms with Crippen molar-refractivity contribution in [2.75, 3.05) is 24.2 Å². The molecule has 0 amide bonds. The van der Waals surface area contributed by atoms with Gasteiger partial charge in [-0.3, -0.25) is 0 Å². The molecule has 0 saturated carbocycles. The summed E-state index contributed by atoms with van der Waals surface area (Å²) in [6.07, 6.45) is 1.59. The van der Waals surface area contributed by atoms with Gasteiger partial charge in [-0.15, -0.1) is 0 Å². The molecule has 7 heteroatoms. The minimum Gasteiger partial charge on any atom is -0.464 e. The first-order valence-electron chi connectivity index (χ1n) is 6.07. The minimum atomic E-state index is -0.804. The van der Waals surface area contributed by atoms with E-state index in [9.17, 15) is 5.11 Å². The molecule has 0 saturated heterocycles. The van der Waals surface area contributed by atoms with E-state index in [0.717, 1.165) is 6.42 Å². The average molecular weight is 255 g/mol. The average Bonchev–Trinajstić information content (AvgIpc) is 2.26. The summed E-state index contributed by atoms with van der Waals surface area (Å²) in [5.74, 6) is 0.397. The third kappa shape index (κ3) is 4.70. The lowest BCUT2D eigenvalue weighted by Crippen LogP contribution is -2.33. The Hall–Kier alpha value is -1.63. The van der Waals surface area contributed by atoms with E-state index in [2.05, 4.69) is 20.3 Å². The summed E-state index contributed by atoms with van der Waals surface area (Å²) in [6, 6.07) is 0.183. The van der Waals surface area contributed by atoms with E-state index >= 15 is 0 Å². The summed E-state index contributed by atoms with van der Waals surface area (Å²) in [4.78, 5) is 11.8. The Balaban J connectivity index is 2.66. The predicted octanol–water partition coefficient (Wildman–Crippen LogP) is 0.815. The van der Waals surface area contributed by atoms with Gasteiger partial charge in [0.05, 0.1) is 12.2 Å². The lowest BCUT2D eigenvalue weighted by molar-refractivity contribution is 0.0635. The van der Waals surface area contributed by atoms with Crippen molar-refractivity contribution in [3.63, 3.8) is 0 Å². The second-order valence-electron chi connectivity index (χ2n) is 4.33. The van der Waals surface area contributed by atoms with Crippen molar-refractivity contribution in [1.82, 2.24) is 15.0 Å². The van der Waals surface area contributed by atoms with Gasteiger partial charge in [-0.2, -0.15) is 15.0 Å². The van der Waals surface area contributed by atoms with Crippen molar-refractivity contribution in [3.05, 3.63) is 0 Å². The predicted molar refractivity (Wildman–Crippen MR) is 69.4 cm³/mol. The summed E-state index contributed by atoms with van der Waals surface area (Å²) < 4.78 is 5.16. The van der Waals surface area contributed by atoms with Crippen LogP contribution >= 0.6 is 0 Å². The van der Waals surface area contributed by atoms with Gasteiger partial charge < -0.3 is 20.9 Å². The molecule has 1 heterocycles. The highest BCUT2D eigenvalue weighted by atomic mass is 16.5. The fourth-order valence-electron chi connectivity index (χ4n) is 1.54. The number of aromatic nitrogens is 3. The molecule has 1 atom stereocenters. The van der Waals surface area contributed by atoms with Crippen molar-refractivity contribution < 1.29 is 9.84 Å². The Bertz CT molecular complexity index is 384. The molecule has 1 rings (SSSR count). The molecule has 0 fully saturated rings. The zero-order chi connectivity index (χ0) is 13.6. The summed E-state index contributed by atoms with van der Waals surface area (Å²) in [5, 5.41) is 13.0. The van der Waals surface area contributed by atoms with E-state index in [1.54, 1.807) is 6.92 Å². The zero-order valence-corrected chi connectivity index (χ0v) is 11.1. The molecule has 0 radical (unpaired) electrons. The number of aliphatic hydroxyl groups is 1. The highest BCUT2D eigenvalue weighted by Gasteiger charge is 2.19. The van der Waals surface area contributed by atoms with Crippen LogP contribution in [0, 0.1) is 0 Å². The maximum absolute atomic E-state index is 10.0. The van der Waals surface area contributed by atoms with E-state index in [4.69, 9.17) is 10.5 Å². The van der Waals surface area contributed by atoms with Crippen LogP contribution in [0.15, 0.2) is 0 Å². The number of ether oxygens (including phenoxy) is 1. The van der Waals surface area contributed by atoms with Crippen molar-refractivity contribution in [2.24, 2.45) is 0 Å². The SMILES string of the molecule is CCCC(C)(O)CNc1nc(N)nc(OCC)n1. The van der Waals surface area contributed by atoms with Gasteiger partial charge in [0.1, 0.15) is 0 Å². The van der Waals surface area contributed by atoms with Gasteiger partial charge in [0.2, 0.25) is 11.9 Å². The maximum atomic E-state index is 10.0. The number of nitrogen functional groups attached to an aromatic ring is 1. The molecule has 18 heavy (non-hydrogen) atoms. The Labute approximate surface area is 107 Å². The standard InChI is InChI=1S/C11H21N5O2/c1-4-6-11(3,17)7-13-9-14-8(12)15-10(16-9)18-5-2/h17H,4-7H2,1-3H3,(H3,12,13,14,15,16). The molecule has 0 aliphatic rings.